The van der Waals surface area contributed by atoms with Crippen molar-refractivity contribution in [2.24, 2.45) is 0 Å². The molecule has 1 N–H and O–H groups in total. The molecule has 0 fully saturated rings. The number of esters is 1. The average molecular weight is 522 g/mol. The summed E-state index contributed by atoms with van der Waals surface area (Å²) >= 11 is 1.60. The lowest BCUT2D eigenvalue weighted by molar-refractivity contribution is -0.143. The Labute approximate surface area is 228 Å². The molecule has 0 aliphatic rings. The summed E-state index contributed by atoms with van der Waals surface area (Å²) in [6.07, 6.45) is 3.19. The third-order valence-corrected chi connectivity index (χ3v) is 7.92. The molecule has 0 aromatic heterocycles. The van der Waals surface area contributed by atoms with Gasteiger partial charge in [-0.25, -0.2) is 4.79 Å². The maximum absolute atomic E-state index is 12.9. The molecule has 4 aromatic carbocycles. The summed E-state index contributed by atoms with van der Waals surface area (Å²) in [5, 5.41) is 2.86. The van der Waals surface area contributed by atoms with Gasteiger partial charge in [0.15, 0.2) is 0 Å². The van der Waals surface area contributed by atoms with Crippen LogP contribution < -0.4 is 5.32 Å². The molecule has 0 spiro atoms. The number of nitrogens with one attached hydrogen (secondary N) is 1. The lowest BCUT2D eigenvalue weighted by atomic mass is 9.84. The van der Waals surface area contributed by atoms with Crippen LogP contribution >= 0.6 is 11.8 Å². The van der Waals surface area contributed by atoms with E-state index in [2.05, 4.69) is 41.7 Å². The van der Waals surface area contributed by atoms with E-state index in [1.54, 1.807) is 17.8 Å². The summed E-state index contributed by atoms with van der Waals surface area (Å²) in [5.74, 6) is -0.541. The van der Waals surface area contributed by atoms with Gasteiger partial charge in [0.25, 0.3) is 0 Å². The lowest BCUT2D eigenvalue weighted by Crippen LogP contribution is -2.43. The number of thioether (sulfide) groups is 1. The first-order chi connectivity index (χ1) is 18.5. The second-order valence-electron chi connectivity index (χ2n) is 8.92. The van der Waals surface area contributed by atoms with Crippen molar-refractivity contribution in [3.8, 4) is 0 Å². The monoisotopic (exact) mass is 521 g/mol. The first-order valence-corrected chi connectivity index (χ1v) is 13.4. The van der Waals surface area contributed by atoms with E-state index in [1.807, 2.05) is 85.8 Å². The second-order valence-corrected chi connectivity index (χ2v) is 10.2. The highest BCUT2D eigenvalue weighted by Crippen LogP contribution is 2.48. The Morgan fingerprint density at radius 2 is 1.34 bits per heavy atom. The highest BCUT2D eigenvalue weighted by molar-refractivity contribution is 8.00. The van der Waals surface area contributed by atoms with Crippen LogP contribution in [0.25, 0.3) is 6.08 Å². The van der Waals surface area contributed by atoms with Crippen molar-refractivity contribution in [1.29, 1.82) is 0 Å². The molecular formula is C33H31NO3S. The van der Waals surface area contributed by atoms with Crippen LogP contribution in [0.3, 0.4) is 0 Å². The minimum atomic E-state index is -0.838. The minimum Gasteiger partial charge on any atom is -0.467 e. The van der Waals surface area contributed by atoms with Crippen LogP contribution in [-0.4, -0.2) is 30.8 Å². The Morgan fingerprint density at radius 1 is 0.816 bits per heavy atom. The molecule has 0 heterocycles. The average Bonchev–Trinajstić information content (AvgIpc) is 2.97. The number of ether oxygens (including phenoxy) is 1. The van der Waals surface area contributed by atoms with Gasteiger partial charge in [-0.2, -0.15) is 0 Å². The molecule has 0 aliphatic heterocycles. The van der Waals surface area contributed by atoms with Crippen LogP contribution in [0.4, 0.5) is 0 Å². The van der Waals surface area contributed by atoms with Gasteiger partial charge in [0, 0.05) is 11.8 Å². The lowest BCUT2D eigenvalue weighted by Gasteiger charge is -2.36. The summed E-state index contributed by atoms with van der Waals surface area (Å²) < 4.78 is 4.47. The third kappa shape index (κ3) is 6.42. The van der Waals surface area contributed by atoms with Gasteiger partial charge >= 0.3 is 5.97 Å². The standard InChI is InChI=1S/C33H31NO3S/c1-25-13-12-14-26(23-25)21-22-31(35)34-30(32(36)37-2)24-38-33(27-15-6-3-7-16-27,28-17-8-4-9-18-28)29-19-10-5-11-20-29/h3-23,30H,24H2,1-2H3,(H,34,35)/b22-21+/t30-/m1/s1. The van der Waals surface area contributed by atoms with Crippen LogP contribution in [0.2, 0.25) is 0 Å². The van der Waals surface area contributed by atoms with E-state index in [1.165, 1.54) is 13.2 Å². The van der Waals surface area contributed by atoms with Gasteiger partial charge in [-0.1, -0.05) is 121 Å². The first-order valence-electron chi connectivity index (χ1n) is 12.5. The van der Waals surface area contributed by atoms with E-state index in [-0.39, 0.29) is 5.91 Å². The Hall–Kier alpha value is -4.09. The quantitative estimate of drug-likeness (QED) is 0.149. The van der Waals surface area contributed by atoms with Crippen LogP contribution in [0.1, 0.15) is 27.8 Å². The van der Waals surface area contributed by atoms with E-state index in [0.29, 0.717) is 5.75 Å². The highest BCUT2D eigenvalue weighted by Gasteiger charge is 2.38. The predicted octanol–water partition coefficient (Wildman–Crippen LogP) is 6.39. The van der Waals surface area contributed by atoms with Crippen molar-refractivity contribution >= 4 is 29.7 Å². The molecule has 192 valence electrons. The summed E-state index contributed by atoms with van der Waals surface area (Å²) in [5.41, 5.74) is 5.26. The molecule has 4 aromatic rings. The first kappa shape index (κ1) is 27.0. The van der Waals surface area contributed by atoms with Crippen molar-refractivity contribution in [3.05, 3.63) is 149 Å². The second kappa shape index (κ2) is 12.9. The van der Waals surface area contributed by atoms with Crippen molar-refractivity contribution in [3.63, 3.8) is 0 Å². The zero-order chi connectivity index (χ0) is 26.8. The number of carbonyl (C=O) groups is 2. The van der Waals surface area contributed by atoms with E-state index in [4.69, 9.17) is 4.74 Å². The van der Waals surface area contributed by atoms with Crippen LogP contribution in [0, 0.1) is 6.92 Å². The van der Waals surface area contributed by atoms with E-state index < -0.39 is 16.8 Å². The Balaban J connectivity index is 1.66. The zero-order valence-electron chi connectivity index (χ0n) is 21.5. The molecule has 0 saturated heterocycles. The van der Waals surface area contributed by atoms with Crippen LogP contribution in [0.5, 0.6) is 0 Å². The Morgan fingerprint density at radius 3 is 1.82 bits per heavy atom. The van der Waals surface area contributed by atoms with Gasteiger partial charge in [-0.05, 0) is 35.3 Å². The molecular weight excluding hydrogens is 490 g/mol. The van der Waals surface area contributed by atoms with Gasteiger partial charge < -0.3 is 10.1 Å². The fourth-order valence-corrected chi connectivity index (χ4v) is 6.00. The molecule has 5 heteroatoms. The number of hydrogen-bond donors (Lipinski definition) is 1. The van der Waals surface area contributed by atoms with Gasteiger partial charge in [0.2, 0.25) is 5.91 Å². The number of carbonyl (C=O) groups excluding carboxylic acids is 2. The maximum Gasteiger partial charge on any atom is 0.329 e. The van der Waals surface area contributed by atoms with Crippen molar-refractivity contribution in [1.82, 2.24) is 5.32 Å². The molecule has 0 aliphatic carbocycles. The summed E-state index contributed by atoms with van der Waals surface area (Å²) in [7, 11) is 1.34. The summed E-state index contributed by atoms with van der Waals surface area (Å²) in [4.78, 5) is 25.7. The van der Waals surface area contributed by atoms with Gasteiger partial charge in [0.1, 0.15) is 6.04 Å². The Kier molecular flexibility index (Phi) is 9.17. The normalized spacial score (nSPS) is 12.2. The van der Waals surface area contributed by atoms with Gasteiger partial charge in [-0.15, -0.1) is 11.8 Å². The van der Waals surface area contributed by atoms with Crippen molar-refractivity contribution < 1.29 is 14.3 Å². The largest absolute Gasteiger partial charge is 0.467 e. The third-order valence-electron chi connectivity index (χ3n) is 6.28. The number of amides is 1. The molecule has 0 unspecified atom stereocenters. The summed E-state index contributed by atoms with van der Waals surface area (Å²) in [6.45, 7) is 2.00. The van der Waals surface area contributed by atoms with Crippen LogP contribution in [0.15, 0.2) is 121 Å². The van der Waals surface area contributed by atoms with Crippen molar-refractivity contribution in [2.75, 3.05) is 12.9 Å². The number of aryl methyl sites for hydroxylation is 1. The minimum absolute atomic E-state index is 0.301. The number of benzene rings is 4. The predicted molar refractivity (Wildman–Crippen MR) is 156 cm³/mol. The molecule has 4 nitrogen and oxygen atoms in total. The molecule has 0 saturated carbocycles. The maximum atomic E-state index is 12.9. The molecule has 0 radical (unpaired) electrons. The molecule has 0 bridgehead atoms. The van der Waals surface area contributed by atoms with E-state index in [9.17, 15) is 9.59 Å². The number of hydrogen-bond acceptors (Lipinski definition) is 4. The van der Waals surface area contributed by atoms with Crippen LogP contribution in [-0.2, 0) is 19.1 Å². The smallest absolute Gasteiger partial charge is 0.329 e. The topological polar surface area (TPSA) is 55.4 Å². The van der Waals surface area contributed by atoms with Gasteiger partial charge in [0.05, 0.1) is 11.9 Å². The summed E-state index contributed by atoms with van der Waals surface area (Å²) in [6, 6.07) is 37.7. The SMILES string of the molecule is COC(=O)[C@@H](CSC(c1ccccc1)(c1ccccc1)c1ccccc1)NC(=O)/C=C/c1cccc(C)c1. The zero-order valence-corrected chi connectivity index (χ0v) is 22.4. The van der Waals surface area contributed by atoms with Gasteiger partial charge in [-0.3, -0.25) is 4.79 Å². The highest BCUT2D eigenvalue weighted by atomic mass is 32.2. The van der Waals surface area contributed by atoms with Crippen molar-refractivity contribution in [2.45, 2.75) is 17.7 Å². The Bertz CT molecular complexity index is 1270. The van der Waals surface area contributed by atoms with E-state index >= 15 is 0 Å². The fourth-order valence-electron chi connectivity index (χ4n) is 4.45. The fraction of sp³-hybridized carbons (Fsp3) is 0.152. The number of rotatable bonds is 10. The number of methoxy groups -OCH3 is 1. The molecule has 1 atom stereocenters. The molecule has 1 amide bonds. The molecule has 4 rings (SSSR count). The molecule has 38 heavy (non-hydrogen) atoms. The van der Waals surface area contributed by atoms with E-state index in [0.717, 1.165) is 27.8 Å².